The number of cyclic esters (lactones) is 1. The summed E-state index contributed by atoms with van der Waals surface area (Å²) in [4.78, 5) is 39.4. The van der Waals surface area contributed by atoms with Crippen LogP contribution in [0.3, 0.4) is 0 Å². The number of nitrogens with zero attached hydrogens (tertiary/aromatic N) is 2. The van der Waals surface area contributed by atoms with Crippen molar-refractivity contribution in [2.24, 2.45) is 11.8 Å². The molecule has 1 aliphatic heterocycles. The molecule has 142 valence electrons. The molecule has 3 amide bonds. The van der Waals surface area contributed by atoms with Crippen molar-refractivity contribution in [3.63, 3.8) is 0 Å². The highest BCUT2D eigenvalue weighted by molar-refractivity contribution is 5.95. The number of carbonyl (C=O) groups excluding carboxylic acids is 3. The maximum atomic E-state index is 13.2. The Bertz CT molecular complexity index is 632. The van der Waals surface area contributed by atoms with Crippen molar-refractivity contribution in [2.75, 3.05) is 13.7 Å². The molecular weight excluding hydrogens is 332 g/mol. The van der Waals surface area contributed by atoms with Gasteiger partial charge in [-0.15, -0.1) is 0 Å². The molecule has 1 fully saturated rings. The predicted octanol–water partition coefficient (Wildman–Crippen LogP) is 2.72. The summed E-state index contributed by atoms with van der Waals surface area (Å²) in [5.41, 5.74) is 1.05. The first-order valence-electron chi connectivity index (χ1n) is 9.06. The zero-order chi connectivity index (χ0) is 19.3. The fourth-order valence-corrected chi connectivity index (χ4v) is 3.34. The van der Waals surface area contributed by atoms with Crippen LogP contribution in [0.25, 0.3) is 0 Å². The molecule has 3 atom stereocenters. The van der Waals surface area contributed by atoms with E-state index in [2.05, 4.69) is 0 Å². The first-order chi connectivity index (χ1) is 12.3. The van der Waals surface area contributed by atoms with Crippen molar-refractivity contribution in [3.05, 3.63) is 35.9 Å². The lowest BCUT2D eigenvalue weighted by Crippen LogP contribution is -2.49. The first-order valence-corrected chi connectivity index (χ1v) is 9.06. The van der Waals surface area contributed by atoms with Crippen molar-refractivity contribution < 1.29 is 19.1 Å². The summed E-state index contributed by atoms with van der Waals surface area (Å²) in [6.07, 6.45) is 1.28. The van der Waals surface area contributed by atoms with Gasteiger partial charge in [0.15, 0.2) is 0 Å². The van der Waals surface area contributed by atoms with Crippen LogP contribution in [-0.2, 0) is 20.7 Å². The molecule has 1 aromatic carbocycles. The Labute approximate surface area is 155 Å². The number of hydrogen-bond donors (Lipinski definition) is 0. The topological polar surface area (TPSA) is 66.9 Å². The van der Waals surface area contributed by atoms with E-state index < -0.39 is 12.0 Å². The molecule has 2 rings (SSSR count). The van der Waals surface area contributed by atoms with Crippen LogP contribution in [0.2, 0.25) is 0 Å². The number of rotatable bonds is 8. The molecule has 0 radical (unpaired) electrons. The van der Waals surface area contributed by atoms with E-state index in [4.69, 9.17) is 4.74 Å². The van der Waals surface area contributed by atoms with Crippen molar-refractivity contribution in [1.29, 1.82) is 0 Å². The molecule has 6 heteroatoms. The minimum atomic E-state index is -0.592. The van der Waals surface area contributed by atoms with Gasteiger partial charge in [-0.2, -0.15) is 0 Å². The molecule has 0 bridgehead atoms. The van der Waals surface area contributed by atoms with Crippen molar-refractivity contribution in [3.8, 4) is 0 Å². The largest absolute Gasteiger partial charge is 0.447 e. The van der Waals surface area contributed by atoms with E-state index in [0.717, 1.165) is 12.0 Å². The van der Waals surface area contributed by atoms with Crippen molar-refractivity contribution >= 4 is 18.4 Å². The van der Waals surface area contributed by atoms with E-state index in [1.54, 1.807) is 7.05 Å². The van der Waals surface area contributed by atoms with Crippen LogP contribution in [0.15, 0.2) is 30.3 Å². The average Bonchev–Trinajstić information content (AvgIpc) is 2.98. The summed E-state index contributed by atoms with van der Waals surface area (Å²) in [5.74, 6) is -0.449. The first kappa shape index (κ1) is 19.9. The van der Waals surface area contributed by atoms with Gasteiger partial charge >= 0.3 is 6.09 Å². The Morgan fingerprint density at radius 2 is 1.96 bits per heavy atom. The summed E-state index contributed by atoms with van der Waals surface area (Å²) >= 11 is 0. The lowest BCUT2D eigenvalue weighted by atomic mass is 9.88. The molecule has 6 nitrogen and oxygen atoms in total. The van der Waals surface area contributed by atoms with Gasteiger partial charge in [-0.3, -0.25) is 9.59 Å². The highest BCUT2D eigenvalue weighted by Crippen LogP contribution is 2.26. The van der Waals surface area contributed by atoms with Gasteiger partial charge in [-0.05, 0) is 31.2 Å². The number of imide groups is 1. The summed E-state index contributed by atoms with van der Waals surface area (Å²) in [5, 5.41) is 0. The molecule has 0 aliphatic carbocycles. The molecular formula is C20H28N2O4. The molecule has 26 heavy (non-hydrogen) atoms. The highest BCUT2D eigenvalue weighted by Gasteiger charge is 2.42. The third-order valence-corrected chi connectivity index (χ3v) is 4.95. The van der Waals surface area contributed by atoms with E-state index in [-0.39, 0.29) is 30.5 Å². The molecule has 0 saturated carbocycles. The molecule has 1 aliphatic rings. The van der Waals surface area contributed by atoms with Gasteiger partial charge in [0.1, 0.15) is 6.61 Å². The zero-order valence-corrected chi connectivity index (χ0v) is 15.9. The molecule has 1 saturated heterocycles. The highest BCUT2D eigenvalue weighted by atomic mass is 16.6. The van der Waals surface area contributed by atoms with Crippen molar-refractivity contribution in [2.45, 2.75) is 45.7 Å². The maximum absolute atomic E-state index is 13.2. The standard InChI is InChI=1S/C20H28N2O4/c1-14(2)10-18(15(3)21(4)13-23)19(24)22-17(12-26-20(22)25)11-16-8-6-5-7-9-16/h5-9,13-15,17-18H,10-12H2,1-4H3/t15?,17-,18+/m0/s1. The van der Waals surface area contributed by atoms with Crippen LogP contribution in [0.4, 0.5) is 4.79 Å². The van der Waals surface area contributed by atoms with Gasteiger partial charge < -0.3 is 9.64 Å². The molecule has 0 N–H and O–H groups in total. The number of hydrogen-bond acceptors (Lipinski definition) is 4. The Hall–Kier alpha value is -2.37. The molecule has 0 aromatic heterocycles. The quantitative estimate of drug-likeness (QED) is 0.669. The lowest BCUT2D eigenvalue weighted by molar-refractivity contribution is -0.137. The monoisotopic (exact) mass is 360 g/mol. The smallest absolute Gasteiger partial charge is 0.416 e. The average molecular weight is 360 g/mol. The van der Waals surface area contributed by atoms with E-state index in [0.29, 0.717) is 12.8 Å². The minimum Gasteiger partial charge on any atom is -0.447 e. The Morgan fingerprint density at radius 1 is 1.31 bits per heavy atom. The maximum Gasteiger partial charge on any atom is 0.416 e. The third-order valence-electron chi connectivity index (χ3n) is 4.95. The zero-order valence-electron chi connectivity index (χ0n) is 15.9. The molecule has 1 unspecified atom stereocenters. The van der Waals surface area contributed by atoms with Crippen molar-refractivity contribution in [1.82, 2.24) is 9.80 Å². The van der Waals surface area contributed by atoms with Crippen LogP contribution in [0.5, 0.6) is 0 Å². The summed E-state index contributed by atoms with van der Waals surface area (Å²) in [6.45, 7) is 6.09. The Balaban J connectivity index is 2.22. The van der Waals surface area contributed by atoms with Gasteiger partial charge in [-0.1, -0.05) is 44.2 Å². The summed E-state index contributed by atoms with van der Waals surface area (Å²) < 4.78 is 5.18. The summed E-state index contributed by atoms with van der Waals surface area (Å²) in [7, 11) is 1.65. The van der Waals surface area contributed by atoms with Crippen LogP contribution in [0, 0.1) is 11.8 Å². The van der Waals surface area contributed by atoms with E-state index in [1.165, 1.54) is 9.80 Å². The van der Waals surface area contributed by atoms with E-state index in [9.17, 15) is 14.4 Å². The Kier molecular flexibility index (Phi) is 6.77. The Morgan fingerprint density at radius 3 is 2.54 bits per heavy atom. The van der Waals surface area contributed by atoms with Gasteiger partial charge in [0.05, 0.1) is 12.0 Å². The number of ether oxygens (including phenoxy) is 1. The van der Waals surface area contributed by atoms with Crippen LogP contribution in [0.1, 0.15) is 32.8 Å². The molecule has 1 aromatic rings. The van der Waals surface area contributed by atoms with Gasteiger partial charge in [0.2, 0.25) is 12.3 Å². The van der Waals surface area contributed by atoms with Crippen LogP contribution >= 0.6 is 0 Å². The SMILES string of the molecule is CC(C)C[C@@H](C(=O)N1C(=O)OC[C@@H]1Cc1ccccc1)C(C)N(C)C=O. The van der Waals surface area contributed by atoms with Gasteiger partial charge in [-0.25, -0.2) is 9.69 Å². The van der Waals surface area contributed by atoms with E-state index in [1.807, 2.05) is 51.1 Å². The minimum absolute atomic E-state index is 0.200. The third kappa shape index (κ3) is 4.62. The fraction of sp³-hybridized carbons (Fsp3) is 0.550. The number of amides is 3. The summed E-state index contributed by atoms with van der Waals surface area (Å²) in [6, 6.07) is 9.12. The molecule has 0 spiro atoms. The second-order valence-corrected chi connectivity index (χ2v) is 7.38. The molecule has 1 heterocycles. The van der Waals surface area contributed by atoms with Crippen LogP contribution in [-0.4, -0.2) is 53.9 Å². The predicted molar refractivity (Wildman–Crippen MR) is 98.4 cm³/mol. The van der Waals surface area contributed by atoms with Crippen LogP contribution < -0.4 is 0 Å². The van der Waals surface area contributed by atoms with Gasteiger partial charge in [0.25, 0.3) is 0 Å². The normalized spacial score (nSPS) is 19.2. The second-order valence-electron chi connectivity index (χ2n) is 7.38. The second kappa shape index (κ2) is 8.83. The van der Waals surface area contributed by atoms with Gasteiger partial charge in [0, 0.05) is 13.1 Å². The fourth-order valence-electron chi connectivity index (χ4n) is 3.34. The van der Waals surface area contributed by atoms with E-state index >= 15 is 0 Å². The number of benzene rings is 1. The number of carbonyl (C=O) groups is 3. The lowest BCUT2D eigenvalue weighted by Gasteiger charge is -2.32.